The van der Waals surface area contributed by atoms with Gasteiger partial charge in [0.2, 0.25) is 0 Å². The summed E-state index contributed by atoms with van der Waals surface area (Å²) < 4.78 is 10.8. The van der Waals surface area contributed by atoms with Crippen LogP contribution in [0, 0.1) is 0 Å². The molecule has 0 aromatic heterocycles. The minimum atomic E-state index is -3.95. The van der Waals surface area contributed by atoms with E-state index >= 15 is 0 Å². The molecule has 0 aromatic rings. The molecule has 0 amide bonds. The Morgan fingerprint density at radius 2 is 1.71 bits per heavy atom. The van der Waals surface area contributed by atoms with E-state index in [4.69, 9.17) is 9.79 Å². The van der Waals surface area contributed by atoms with Crippen LogP contribution in [0.1, 0.15) is 27.7 Å². The van der Waals surface area contributed by atoms with Gasteiger partial charge in [-0.3, -0.25) is 0 Å². The molecule has 0 bridgehead atoms. The second kappa shape index (κ2) is 6.13. The average Bonchev–Trinajstić information content (AvgIpc) is 2.03. The van der Waals surface area contributed by atoms with E-state index in [9.17, 15) is 4.57 Å². The lowest BCUT2D eigenvalue weighted by Crippen LogP contribution is -2.38. The summed E-state index contributed by atoms with van der Waals surface area (Å²) >= 11 is 0.749. The van der Waals surface area contributed by atoms with Crippen LogP contribution in [0.15, 0.2) is 0 Å². The smallest absolute Gasteiger partial charge is 0.317 e. The zero-order chi connectivity index (χ0) is 11.4. The molecule has 0 heterocycles. The molecule has 0 fully saturated rings. The summed E-state index contributed by atoms with van der Waals surface area (Å²) in [6.45, 7) is 5.82. The third-order valence-corrected chi connectivity index (χ3v) is 5.19. The van der Waals surface area contributed by atoms with Crippen molar-refractivity contribution >= 4 is 18.2 Å². The third-order valence-electron chi connectivity index (χ3n) is 2.37. The van der Waals surface area contributed by atoms with Gasteiger partial charge >= 0.3 is 6.80 Å². The van der Waals surface area contributed by atoms with Crippen molar-refractivity contribution in [3.05, 3.63) is 0 Å². The van der Waals surface area contributed by atoms with E-state index in [1.807, 2.05) is 13.8 Å². The minimum Gasteiger partial charge on any atom is -0.317 e. The molecule has 0 aliphatic carbocycles. The second-order valence-corrected chi connectivity index (χ2v) is 7.26. The SMILES string of the molecule is CCN(CC)C(C)C(C)SP(=O)(O)O. The molecule has 0 aliphatic heterocycles. The van der Waals surface area contributed by atoms with Gasteiger partial charge in [0.05, 0.1) is 0 Å². The van der Waals surface area contributed by atoms with E-state index in [-0.39, 0.29) is 11.3 Å². The van der Waals surface area contributed by atoms with Crippen LogP contribution in [0.5, 0.6) is 0 Å². The van der Waals surface area contributed by atoms with E-state index in [1.54, 1.807) is 0 Å². The largest absolute Gasteiger partial charge is 0.384 e. The Bertz CT molecular complexity index is 205. The molecular weight excluding hydrogens is 221 g/mol. The Labute approximate surface area is 90.0 Å². The summed E-state index contributed by atoms with van der Waals surface area (Å²) in [5, 5.41) is -0.0595. The predicted octanol–water partition coefficient (Wildman–Crippen LogP) is 1.93. The van der Waals surface area contributed by atoms with Gasteiger partial charge in [-0.25, -0.2) is 4.57 Å². The van der Waals surface area contributed by atoms with Gasteiger partial charge in [0, 0.05) is 11.3 Å². The lowest BCUT2D eigenvalue weighted by Gasteiger charge is -2.30. The van der Waals surface area contributed by atoms with Gasteiger partial charge in [-0.2, -0.15) is 0 Å². The first-order valence-electron chi connectivity index (χ1n) is 4.79. The zero-order valence-electron chi connectivity index (χ0n) is 9.17. The summed E-state index contributed by atoms with van der Waals surface area (Å²) in [5.41, 5.74) is 0. The summed E-state index contributed by atoms with van der Waals surface area (Å²) in [7, 11) is 0. The van der Waals surface area contributed by atoms with Crippen molar-refractivity contribution in [3.8, 4) is 0 Å². The van der Waals surface area contributed by atoms with E-state index in [0.717, 1.165) is 24.5 Å². The van der Waals surface area contributed by atoms with Crippen molar-refractivity contribution in [2.24, 2.45) is 0 Å². The standard InChI is InChI=1S/C8H20NO3PS/c1-5-9(6-2)7(3)8(4)14-13(10,11)12/h7-8H,5-6H2,1-4H3,(H2,10,11,12). The fraction of sp³-hybridized carbons (Fsp3) is 1.00. The highest BCUT2D eigenvalue weighted by Crippen LogP contribution is 2.53. The molecule has 0 aliphatic rings. The molecule has 0 saturated heterocycles. The lowest BCUT2D eigenvalue weighted by molar-refractivity contribution is 0.231. The van der Waals surface area contributed by atoms with Gasteiger partial charge in [-0.15, -0.1) is 0 Å². The zero-order valence-corrected chi connectivity index (χ0v) is 10.9. The molecule has 0 spiro atoms. The molecule has 2 unspecified atom stereocenters. The van der Waals surface area contributed by atoms with E-state index < -0.39 is 6.80 Å². The number of nitrogens with zero attached hydrogens (tertiary/aromatic N) is 1. The highest BCUT2D eigenvalue weighted by atomic mass is 32.7. The van der Waals surface area contributed by atoms with E-state index in [1.165, 1.54) is 0 Å². The van der Waals surface area contributed by atoms with E-state index in [0.29, 0.717) is 0 Å². The first-order chi connectivity index (χ1) is 6.31. The van der Waals surface area contributed by atoms with Crippen LogP contribution in [-0.2, 0) is 4.57 Å². The molecule has 2 atom stereocenters. The first kappa shape index (κ1) is 14.5. The van der Waals surface area contributed by atoms with Crippen LogP contribution in [0.4, 0.5) is 0 Å². The number of hydrogen-bond donors (Lipinski definition) is 2. The topological polar surface area (TPSA) is 60.8 Å². The van der Waals surface area contributed by atoms with Gasteiger partial charge in [0.1, 0.15) is 0 Å². The van der Waals surface area contributed by atoms with Crippen molar-refractivity contribution in [1.29, 1.82) is 0 Å². The van der Waals surface area contributed by atoms with Gasteiger partial charge in [-0.1, -0.05) is 20.8 Å². The summed E-state index contributed by atoms with van der Waals surface area (Å²) in [4.78, 5) is 19.8. The maximum Gasteiger partial charge on any atom is 0.384 e. The van der Waals surface area contributed by atoms with E-state index in [2.05, 4.69) is 18.7 Å². The quantitative estimate of drug-likeness (QED) is 0.696. The maximum atomic E-state index is 10.8. The molecule has 6 heteroatoms. The van der Waals surface area contributed by atoms with Gasteiger partial charge in [-0.05, 0) is 31.4 Å². The first-order valence-corrected chi connectivity index (χ1v) is 7.89. The Morgan fingerprint density at radius 3 is 2.00 bits per heavy atom. The fourth-order valence-corrected chi connectivity index (χ4v) is 4.01. The molecule has 0 rings (SSSR count). The fourth-order valence-electron chi connectivity index (χ4n) is 1.40. The van der Waals surface area contributed by atoms with Crippen LogP contribution in [0.3, 0.4) is 0 Å². The van der Waals surface area contributed by atoms with Crippen molar-refractivity contribution in [2.75, 3.05) is 13.1 Å². The van der Waals surface area contributed by atoms with Crippen LogP contribution in [0.25, 0.3) is 0 Å². The normalized spacial score (nSPS) is 17.1. The average molecular weight is 241 g/mol. The van der Waals surface area contributed by atoms with Gasteiger partial charge < -0.3 is 14.7 Å². The molecule has 0 aromatic carbocycles. The Morgan fingerprint density at radius 1 is 1.29 bits per heavy atom. The molecule has 4 nitrogen and oxygen atoms in total. The number of hydrogen-bond acceptors (Lipinski definition) is 3. The highest BCUT2D eigenvalue weighted by Gasteiger charge is 2.25. The summed E-state index contributed by atoms with van der Waals surface area (Å²) in [5.74, 6) is 0. The lowest BCUT2D eigenvalue weighted by atomic mass is 10.2. The minimum absolute atomic E-state index is 0.0595. The predicted molar refractivity (Wildman–Crippen MR) is 61.5 cm³/mol. The monoisotopic (exact) mass is 241 g/mol. The van der Waals surface area contributed by atoms with Gasteiger partial charge in [0.25, 0.3) is 0 Å². The summed E-state index contributed by atoms with van der Waals surface area (Å²) in [6.07, 6.45) is 0. The van der Waals surface area contributed by atoms with Crippen molar-refractivity contribution in [3.63, 3.8) is 0 Å². The molecule has 0 radical (unpaired) electrons. The van der Waals surface area contributed by atoms with Crippen LogP contribution in [0.2, 0.25) is 0 Å². The molecule has 2 N–H and O–H groups in total. The Hall–Kier alpha value is 0.460. The van der Waals surface area contributed by atoms with Crippen LogP contribution in [-0.4, -0.2) is 39.1 Å². The number of rotatable bonds is 6. The molecule has 0 saturated carbocycles. The third kappa shape index (κ3) is 5.37. The van der Waals surface area contributed by atoms with Crippen molar-refractivity contribution < 1.29 is 14.4 Å². The van der Waals surface area contributed by atoms with Crippen LogP contribution >= 0.6 is 18.2 Å². The maximum absolute atomic E-state index is 10.8. The summed E-state index contributed by atoms with van der Waals surface area (Å²) in [6, 6.07) is 0.183. The van der Waals surface area contributed by atoms with Crippen LogP contribution < -0.4 is 0 Å². The molecular formula is C8H20NO3PS. The van der Waals surface area contributed by atoms with Crippen molar-refractivity contribution in [2.45, 2.75) is 39.0 Å². The molecule has 86 valence electrons. The molecule has 14 heavy (non-hydrogen) atoms. The highest BCUT2D eigenvalue weighted by molar-refractivity contribution is 8.54. The second-order valence-electron chi connectivity index (χ2n) is 3.26. The Kier molecular flexibility index (Phi) is 6.33. The van der Waals surface area contributed by atoms with Crippen molar-refractivity contribution in [1.82, 2.24) is 4.90 Å². The Balaban J connectivity index is 4.23. The van der Waals surface area contributed by atoms with Gasteiger partial charge in [0.15, 0.2) is 0 Å².